The minimum Gasteiger partial charge on any atom is -0.339 e. The lowest BCUT2D eigenvalue weighted by atomic mass is 10.4. The zero-order valence-corrected chi connectivity index (χ0v) is 12.5. The van der Waals surface area contributed by atoms with Crippen molar-refractivity contribution in [3.05, 3.63) is 11.7 Å². The van der Waals surface area contributed by atoms with E-state index in [4.69, 9.17) is 4.52 Å². The van der Waals surface area contributed by atoms with E-state index < -0.39 is 0 Å². The van der Waals surface area contributed by atoms with Gasteiger partial charge in [0.2, 0.25) is 5.89 Å². The van der Waals surface area contributed by atoms with Gasteiger partial charge in [-0.2, -0.15) is 4.98 Å². The van der Waals surface area contributed by atoms with Crippen molar-refractivity contribution >= 4 is 6.03 Å². The molecule has 1 aliphatic heterocycles. The summed E-state index contributed by atoms with van der Waals surface area (Å²) < 4.78 is 5.19. The number of hydrogen-bond acceptors (Lipinski definition) is 5. The molecule has 1 aromatic heterocycles. The average Bonchev–Trinajstić information content (AvgIpc) is 3.25. The van der Waals surface area contributed by atoms with Gasteiger partial charge in [-0.1, -0.05) is 5.16 Å². The van der Waals surface area contributed by atoms with Crippen LogP contribution in [0, 0.1) is 0 Å². The Hall–Kier alpha value is -1.63. The van der Waals surface area contributed by atoms with Crippen molar-refractivity contribution in [3.63, 3.8) is 0 Å². The Morgan fingerprint density at radius 3 is 3.00 bits per heavy atom. The van der Waals surface area contributed by atoms with Crippen molar-refractivity contribution in [2.75, 3.05) is 39.8 Å². The van der Waals surface area contributed by atoms with Crippen LogP contribution >= 0.6 is 0 Å². The second-order valence-electron chi connectivity index (χ2n) is 5.95. The number of carbonyl (C=O) groups excluding carboxylic acids is 1. The van der Waals surface area contributed by atoms with E-state index in [0.29, 0.717) is 24.8 Å². The van der Waals surface area contributed by atoms with Gasteiger partial charge in [0.25, 0.3) is 0 Å². The summed E-state index contributed by atoms with van der Waals surface area (Å²) in [5.41, 5.74) is 0. The van der Waals surface area contributed by atoms with E-state index in [1.165, 1.54) is 12.8 Å². The number of likely N-dealkylation sites (N-methyl/N-ethyl adjacent to an activating group) is 1. The third-order valence-electron chi connectivity index (χ3n) is 4.05. The van der Waals surface area contributed by atoms with E-state index in [9.17, 15) is 4.79 Å². The highest BCUT2D eigenvalue weighted by Gasteiger charge is 2.28. The predicted molar refractivity (Wildman–Crippen MR) is 77.1 cm³/mol. The fourth-order valence-corrected chi connectivity index (χ4v) is 2.51. The molecule has 1 saturated carbocycles. The molecule has 1 aromatic rings. The van der Waals surface area contributed by atoms with Crippen molar-refractivity contribution in [3.8, 4) is 0 Å². The number of aromatic nitrogens is 2. The van der Waals surface area contributed by atoms with E-state index in [2.05, 4.69) is 27.4 Å². The lowest BCUT2D eigenvalue weighted by molar-refractivity contribution is 0.199. The molecule has 1 saturated heterocycles. The molecule has 2 amide bonds. The molecular formula is C14H23N5O2. The minimum absolute atomic E-state index is 0.00670. The number of hydrogen-bond donors (Lipinski definition) is 1. The molecule has 0 spiro atoms. The van der Waals surface area contributed by atoms with Crippen LogP contribution in [0.25, 0.3) is 0 Å². The number of carbonyl (C=O) groups is 1. The van der Waals surface area contributed by atoms with Crippen LogP contribution in [-0.4, -0.2) is 65.7 Å². The Kier molecular flexibility index (Phi) is 4.38. The SMILES string of the molecule is CN1CCCN(C(=O)NCCc2nc(C3CC3)no2)CC1. The van der Waals surface area contributed by atoms with Crippen LogP contribution in [0.15, 0.2) is 4.52 Å². The zero-order valence-electron chi connectivity index (χ0n) is 12.5. The van der Waals surface area contributed by atoms with E-state index in [1.54, 1.807) is 0 Å². The summed E-state index contributed by atoms with van der Waals surface area (Å²) >= 11 is 0. The molecule has 2 heterocycles. The van der Waals surface area contributed by atoms with Crippen LogP contribution in [0.3, 0.4) is 0 Å². The third-order valence-corrected chi connectivity index (χ3v) is 4.05. The van der Waals surface area contributed by atoms with Crippen molar-refractivity contribution in [1.82, 2.24) is 25.3 Å². The molecule has 3 rings (SSSR count). The van der Waals surface area contributed by atoms with Crippen LogP contribution in [0.4, 0.5) is 4.79 Å². The lowest BCUT2D eigenvalue weighted by Gasteiger charge is -2.20. The summed E-state index contributed by atoms with van der Waals surface area (Å²) in [4.78, 5) is 20.6. The summed E-state index contributed by atoms with van der Waals surface area (Å²) in [7, 11) is 2.09. The van der Waals surface area contributed by atoms with Gasteiger partial charge in [0, 0.05) is 38.5 Å². The second-order valence-corrected chi connectivity index (χ2v) is 5.95. The van der Waals surface area contributed by atoms with Crippen molar-refractivity contribution in [2.45, 2.75) is 31.6 Å². The second kappa shape index (κ2) is 6.43. The first-order valence-electron chi connectivity index (χ1n) is 7.76. The maximum atomic E-state index is 12.1. The van der Waals surface area contributed by atoms with Gasteiger partial charge in [0.05, 0.1) is 0 Å². The average molecular weight is 293 g/mol. The summed E-state index contributed by atoms with van der Waals surface area (Å²) in [6, 6.07) is 0.00670. The van der Waals surface area contributed by atoms with Gasteiger partial charge in [-0.3, -0.25) is 0 Å². The predicted octanol–water partition coefficient (Wildman–Crippen LogP) is 0.837. The molecular weight excluding hydrogens is 270 g/mol. The monoisotopic (exact) mass is 293 g/mol. The highest BCUT2D eigenvalue weighted by atomic mass is 16.5. The Bertz CT molecular complexity index is 485. The smallest absolute Gasteiger partial charge is 0.317 e. The quantitative estimate of drug-likeness (QED) is 0.890. The fourth-order valence-electron chi connectivity index (χ4n) is 2.51. The molecule has 7 nitrogen and oxygen atoms in total. The van der Waals surface area contributed by atoms with Gasteiger partial charge in [-0.05, 0) is 32.9 Å². The van der Waals surface area contributed by atoms with Crippen LogP contribution in [0.2, 0.25) is 0 Å². The number of amides is 2. The van der Waals surface area contributed by atoms with Crippen LogP contribution in [0.5, 0.6) is 0 Å². The van der Waals surface area contributed by atoms with Gasteiger partial charge in [0.15, 0.2) is 5.82 Å². The Balaban J connectivity index is 1.40. The molecule has 0 bridgehead atoms. The summed E-state index contributed by atoms with van der Waals surface area (Å²) in [6.45, 7) is 4.13. The van der Waals surface area contributed by atoms with Gasteiger partial charge in [-0.25, -0.2) is 4.79 Å². The maximum absolute atomic E-state index is 12.1. The molecule has 2 aliphatic rings. The molecule has 0 atom stereocenters. The first kappa shape index (κ1) is 14.3. The molecule has 7 heteroatoms. The van der Waals surface area contributed by atoms with Crippen molar-refractivity contribution in [1.29, 1.82) is 0 Å². The standard InChI is InChI=1S/C14H23N5O2/c1-18-7-2-8-19(10-9-18)14(20)15-6-5-12-16-13(17-21-12)11-3-4-11/h11H,2-10H2,1H3,(H,15,20). The maximum Gasteiger partial charge on any atom is 0.317 e. The Morgan fingerprint density at radius 2 is 2.19 bits per heavy atom. The first-order chi connectivity index (χ1) is 10.2. The number of rotatable bonds is 4. The van der Waals surface area contributed by atoms with Crippen LogP contribution in [0.1, 0.15) is 36.9 Å². The molecule has 0 radical (unpaired) electrons. The lowest BCUT2D eigenvalue weighted by Crippen LogP contribution is -2.42. The molecule has 0 aromatic carbocycles. The minimum atomic E-state index is 0.00670. The normalized spacial score (nSPS) is 20.3. The van der Waals surface area contributed by atoms with E-state index in [-0.39, 0.29) is 6.03 Å². The first-order valence-corrected chi connectivity index (χ1v) is 7.76. The highest BCUT2D eigenvalue weighted by Crippen LogP contribution is 2.38. The Morgan fingerprint density at radius 1 is 1.33 bits per heavy atom. The Labute approximate surface area is 124 Å². The fraction of sp³-hybridized carbons (Fsp3) is 0.786. The van der Waals surface area contributed by atoms with Crippen molar-refractivity contribution < 1.29 is 9.32 Å². The number of urea groups is 1. The largest absolute Gasteiger partial charge is 0.339 e. The number of nitrogens with one attached hydrogen (secondary N) is 1. The van der Waals surface area contributed by atoms with Crippen LogP contribution in [-0.2, 0) is 6.42 Å². The topological polar surface area (TPSA) is 74.5 Å². The van der Waals surface area contributed by atoms with Gasteiger partial charge < -0.3 is 19.6 Å². The summed E-state index contributed by atoms with van der Waals surface area (Å²) in [5, 5.41) is 6.91. The van der Waals surface area contributed by atoms with Gasteiger partial charge in [-0.15, -0.1) is 0 Å². The highest BCUT2D eigenvalue weighted by molar-refractivity contribution is 5.74. The molecule has 21 heavy (non-hydrogen) atoms. The summed E-state index contributed by atoms with van der Waals surface area (Å²) in [6.07, 6.45) is 3.95. The zero-order chi connectivity index (χ0) is 14.7. The van der Waals surface area contributed by atoms with Gasteiger partial charge in [0.1, 0.15) is 0 Å². The van der Waals surface area contributed by atoms with Crippen molar-refractivity contribution in [2.24, 2.45) is 0 Å². The van der Waals surface area contributed by atoms with Gasteiger partial charge >= 0.3 is 6.03 Å². The molecule has 0 unspecified atom stereocenters. The van der Waals surface area contributed by atoms with Crippen LogP contribution < -0.4 is 5.32 Å². The van der Waals surface area contributed by atoms with E-state index in [0.717, 1.165) is 38.4 Å². The molecule has 1 aliphatic carbocycles. The molecule has 2 fully saturated rings. The summed E-state index contributed by atoms with van der Waals surface area (Å²) in [5.74, 6) is 1.95. The molecule has 1 N–H and O–H groups in total. The third kappa shape index (κ3) is 3.93. The number of nitrogens with zero attached hydrogens (tertiary/aromatic N) is 4. The molecule has 116 valence electrons. The van der Waals surface area contributed by atoms with E-state index >= 15 is 0 Å². The van der Waals surface area contributed by atoms with E-state index in [1.807, 2.05) is 4.90 Å².